The van der Waals surface area contributed by atoms with E-state index in [2.05, 4.69) is 0 Å². The predicted octanol–water partition coefficient (Wildman–Crippen LogP) is 4.25. The van der Waals surface area contributed by atoms with Crippen LogP contribution in [0.3, 0.4) is 0 Å². The Hall–Kier alpha value is -0.766. The van der Waals surface area contributed by atoms with E-state index in [1.807, 2.05) is 19.2 Å². The van der Waals surface area contributed by atoms with Crippen LogP contribution in [0.15, 0.2) is 24.3 Å². The molecule has 0 aromatic heterocycles. The summed E-state index contributed by atoms with van der Waals surface area (Å²) < 4.78 is 73.6. The van der Waals surface area contributed by atoms with E-state index >= 15 is 0 Å². The first-order valence-corrected chi connectivity index (χ1v) is 11.3. The minimum atomic E-state index is -4.16. The third-order valence-corrected chi connectivity index (χ3v) is 8.01. The highest BCUT2D eigenvalue weighted by molar-refractivity contribution is 6.75. The van der Waals surface area contributed by atoms with Crippen LogP contribution in [-0.4, -0.2) is 29.9 Å². The van der Waals surface area contributed by atoms with Gasteiger partial charge in [-0.3, -0.25) is 0 Å². The second kappa shape index (κ2) is 7.67. The average molecular weight is 356 g/mol. The van der Waals surface area contributed by atoms with E-state index < -0.39 is 42.8 Å². The Kier molecular flexibility index (Phi) is 6.72. The summed E-state index contributed by atoms with van der Waals surface area (Å²) in [6.07, 6.45) is -9.92. The zero-order valence-corrected chi connectivity index (χ0v) is 14.4. The summed E-state index contributed by atoms with van der Waals surface area (Å²) in [5, 5.41) is 1.73. The van der Waals surface area contributed by atoms with Gasteiger partial charge in [0.25, 0.3) is 0 Å². The van der Waals surface area contributed by atoms with E-state index in [1.54, 1.807) is 18.2 Å². The molecule has 8 heteroatoms. The molecule has 0 saturated carbocycles. The maximum Gasteiger partial charge on any atom is 0.388 e. The van der Waals surface area contributed by atoms with Crippen molar-refractivity contribution < 1.29 is 26.3 Å². The van der Waals surface area contributed by atoms with Crippen molar-refractivity contribution >= 4 is 28.0 Å². The molecule has 0 aliphatic rings. The summed E-state index contributed by atoms with van der Waals surface area (Å²) in [5.41, 5.74) is 0. The SMILES string of the molecule is C[Si](CCC(F)(F)F)c1cccc([Si](C)CCC(F)(F)F)c1. The van der Waals surface area contributed by atoms with Gasteiger partial charge in [0.2, 0.25) is 0 Å². The van der Waals surface area contributed by atoms with Gasteiger partial charge in [0.05, 0.1) is 17.6 Å². The fourth-order valence-electron chi connectivity index (χ4n) is 2.00. The standard InChI is InChI=1S/C14H18F6Si2/c1-21(8-6-13(15,16)17)11-4-3-5-12(10-11)22(2)9-7-14(18,19)20/h3-5,10H,6-9H2,1-2H3. The van der Waals surface area contributed by atoms with Crippen molar-refractivity contribution in [2.75, 3.05) is 0 Å². The van der Waals surface area contributed by atoms with E-state index in [-0.39, 0.29) is 12.1 Å². The molecule has 0 nitrogen and oxygen atoms in total. The highest BCUT2D eigenvalue weighted by Crippen LogP contribution is 2.23. The largest absolute Gasteiger partial charge is 0.388 e. The highest BCUT2D eigenvalue weighted by atomic mass is 28.3. The number of rotatable bonds is 6. The Morgan fingerprint density at radius 3 is 1.45 bits per heavy atom. The minimum absolute atomic E-state index is 0.0892. The minimum Gasteiger partial charge on any atom is -0.171 e. The van der Waals surface area contributed by atoms with Crippen LogP contribution in [0, 0.1) is 0 Å². The summed E-state index contributed by atoms with van der Waals surface area (Å²) in [5.74, 6) is 0. The molecule has 22 heavy (non-hydrogen) atoms. The first-order valence-electron chi connectivity index (χ1n) is 6.87. The molecule has 1 rings (SSSR count). The molecule has 1 aromatic rings. The van der Waals surface area contributed by atoms with Gasteiger partial charge in [-0.15, -0.1) is 0 Å². The lowest BCUT2D eigenvalue weighted by atomic mass is 10.4. The second-order valence-corrected chi connectivity index (χ2v) is 10.6. The van der Waals surface area contributed by atoms with Crippen molar-refractivity contribution in [1.82, 2.24) is 0 Å². The number of hydrogen-bond acceptors (Lipinski definition) is 0. The van der Waals surface area contributed by atoms with E-state index in [9.17, 15) is 26.3 Å². The van der Waals surface area contributed by atoms with Gasteiger partial charge < -0.3 is 0 Å². The van der Waals surface area contributed by atoms with Crippen LogP contribution in [0.2, 0.25) is 25.2 Å². The molecule has 0 amide bonds. The molecule has 0 heterocycles. The lowest BCUT2D eigenvalue weighted by molar-refractivity contribution is -0.131. The van der Waals surface area contributed by atoms with Crippen molar-refractivity contribution in [1.29, 1.82) is 0 Å². The third-order valence-electron chi connectivity index (χ3n) is 3.42. The maximum atomic E-state index is 12.3. The van der Waals surface area contributed by atoms with Crippen LogP contribution >= 0.6 is 0 Å². The highest BCUT2D eigenvalue weighted by Gasteiger charge is 2.29. The maximum absolute atomic E-state index is 12.3. The number of alkyl halides is 6. The van der Waals surface area contributed by atoms with Crippen LogP contribution < -0.4 is 10.4 Å². The summed E-state index contributed by atoms with van der Waals surface area (Å²) in [6.45, 7) is 3.63. The van der Waals surface area contributed by atoms with E-state index in [4.69, 9.17) is 0 Å². The molecule has 0 unspecified atom stereocenters. The van der Waals surface area contributed by atoms with Crippen LogP contribution in [-0.2, 0) is 0 Å². The summed E-state index contributed by atoms with van der Waals surface area (Å²) >= 11 is 0. The molecule has 0 bridgehead atoms. The van der Waals surface area contributed by atoms with Gasteiger partial charge in [0.15, 0.2) is 0 Å². The van der Waals surface area contributed by atoms with Crippen LogP contribution in [0.4, 0.5) is 26.3 Å². The third kappa shape index (κ3) is 7.48. The molecule has 0 atom stereocenters. The first-order chi connectivity index (χ1) is 9.98. The smallest absolute Gasteiger partial charge is 0.171 e. The van der Waals surface area contributed by atoms with Crippen LogP contribution in [0.1, 0.15) is 12.8 Å². The van der Waals surface area contributed by atoms with Crippen molar-refractivity contribution in [2.45, 2.75) is 50.4 Å². The molecule has 0 saturated heterocycles. The van der Waals surface area contributed by atoms with Crippen molar-refractivity contribution in [2.24, 2.45) is 0 Å². The molecule has 0 fully saturated rings. The molecular weight excluding hydrogens is 338 g/mol. The van der Waals surface area contributed by atoms with Gasteiger partial charge in [-0.25, -0.2) is 0 Å². The zero-order chi connectivity index (χ0) is 17.0. The van der Waals surface area contributed by atoms with Gasteiger partial charge in [-0.2, -0.15) is 26.3 Å². The molecule has 0 aliphatic carbocycles. The van der Waals surface area contributed by atoms with Gasteiger partial charge in [-0.1, -0.05) is 47.7 Å². The molecule has 0 N–H and O–H groups in total. The Balaban J connectivity index is 2.68. The van der Waals surface area contributed by atoms with Gasteiger partial charge >= 0.3 is 12.4 Å². The molecule has 124 valence electrons. The molecule has 2 radical (unpaired) electrons. The number of benzene rings is 1. The van der Waals surface area contributed by atoms with E-state index in [0.717, 1.165) is 10.4 Å². The monoisotopic (exact) mass is 356 g/mol. The Bertz CT molecular complexity index is 430. The Labute approximate surface area is 129 Å². The van der Waals surface area contributed by atoms with E-state index in [0.29, 0.717) is 0 Å². The fourth-order valence-corrected chi connectivity index (χ4v) is 5.60. The Morgan fingerprint density at radius 1 is 0.773 bits per heavy atom. The van der Waals surface area contributed by atoms with Crippen LogP contribution in [0.25, 0.3) is 0 Å². The second-order valence-electron chi connectivity index (χ2n) is 5.37. The first kappa shape index (κ1) is 19.3. The molecule has 0 spiro atoms. The summed E-state index contributed by atoms with van der Waals surface area (Å²) in [7, 11) is -2.65. The predicted molar refractivity (Wildman–Crippen MR) is 79.9 cm³/mol. The number of hydrogen-bond donors (Lipinski definition) is 0. The summed E-state index contributed by atoms with van der Waals surface area (Å²) in [6, 6.07) is 7.31. The van der Waals surface area contributed by atoms with Gasteiger partial charge in [0.1, 0.15) is 0 Å². The van der Waals surface area contributed by atoms with Crippen LogP contribution in [0.5, 0.6) is 0 Å². The van der Waals surface area contributed by atoms with Crippen molar-refractivity contribution in [3.05, 3.63) is 24.3 Å². The number of halogens is 6. The van der Waals surface area contributed by atoms with Gasteiger partial charge in [0, 0.05) is 12.8 Å². The van der Waals surface area contributed by atoms with Crippen molar-refractivity contribution in [3.8, 4) is 0 Å². The lowest BCUT2D eigenvalue weighted by Gasteiger charge is -2.16. The lowest BCUT2D eigenvalue weighted by Crippen LogP contribution is -2.35. The molecule has 1 aromatic carbocycles. The molecule has 0 aliphatic heterocycles. The summed E-state index contributed by atoms with van der Waals surface area (Å²) in [4.78, 5) is 0. The van der Waals surface area contributed by atoms with E-state index in [1.165, 1.54) is 0 Å². The average Bonchev–Trinajstić information content (AvgIpc) is 2.40. The molecular formula is C14H18F6Si2. The Morgan fingerprint density at radius 2 is 1.14 bits per heavy atom. The zero-order valence-electron chi connectivity index (χ0n) is 12.4. The fraction of sp³-hybridized carbons (Fsp3) is 0.571. The quantitative estimate of drug-likeness (QED) is 0.528. The topological polar surface area (TPSA) is 0 Å². The normalized spacial score (nSPS) is 13.2. The van der Waals surface area contributed by atoms with Gasteiger partial charge in [-0.05, 0) is 12.1 Å². The van der Waals surface area contributed by atoms with Crippen molar-refractivity contribution in [3.63, 3.8) is 0 Å².